The number of rotatable bonds is 5. The van der Waals surface area contributed by atoms with E-state index in [2.05, 4.69) is 4.57 Å². The third kappa shape index (κ3) is 2.99. The fraction of sp³-hybridized carbons (Fsp3) is 0.333. The van der Waals surface area contributed by atoms with Crippen molar-refractivity contribution in [2.45, 2.75) is 19.4 Å². The molecule has 0 radical (unpaired) electrons. The molecule has 0 spiro atoms. The second-order valence-corrected chi connectivity index (χ2v) is 5.44. The van der Waals surface area contributed by atoms with Gasteiger partial charge in [-0.25, -0.2) is 0 Å². The monoisotopic (exact) mass is 289 g/mol. The first kappa shape index (κ1) is 14.5. The van der Waals surface area contributed by atoms with Gasteiger partial charge in [0, 0.05) is 49.7 Å². The Morgan fingerprint density at radius 1 is 1.35 bits per heavy atom. The number of carbonyl (C=O) groups excluding carboxylic acids is 1. The predicted molar refractivity (Wildman–Crippen MR) is 85.8 cm³/mol. The first-order valence-electron chi connectivity index (χ1n) is 6.58. The molecule has 0 fully saturated rings. The summed E-state index contributed by atoms with van der Waals surface area (Å²) in [5.41, 5.74) is 7.74. The van der Waals surface area contributed by atoms with Gasteiger partial charge in [-0.15, -0.1) is 0 Å². The highest BCUT2D eigenvalue weighted by atomic mass is 32.1. The lowest BCUT2D eigenvalue weighted by Crippen LogP contribution is -2.21. The lowest BCUT2D eigenvalue weighted by atomic mass is 10.1. The van der Waals surface area contributed by atoms with Crippen LogP contribution in [-0.4, -0.2) is 34.5 Å². The molecule has 0 saturated carbocycles. The number of nitrogens with two attached hydrogens (primary N) is 1. The molecule has 0 bridgehead atoms. The minimum absolute atomic E-state index is 0.158. The molecule has 2 aromatic rings. The molecule has 2 rings (SSSR count). The van der Waals surface area contributed by atoms with E-state index in [1.807, 2.05) is 30.5 Å². The number of nitrogens with zero attached hydrogens (tertiary/aromatic N) is 2. The van der Waals surface area contributed by atoms with Crippen LogP contribution < -0.4 is 5.73 Å². The lowest BCUT2D eigenvalue weighted by molar-refractivity contribution is -0.128. The molecule has 0 aliphatic carbocycles. The van der Waals surface area contributed by atoms with Crippen molar-refractivity contribution in [2.24, 2.45) is 5.73 Å². The highest BCUT2D eigenvalue weighted by molar-refractivity contribution is 7.80. The second kappa shape index (κ2) is 6.05. The molecule has 5 heteroatoms. The Hall–Kier alpha value is -1.88. The van der Waals surface area contributed by atoms with Crippen LogP contribution in [0.15, 0.2) is 30.5 Å². The van der Waals surface area contributed by atoms with E-state index in [1.54, 1.807) is 19.0 Å². The van der Waals surface area contributed by atoms with E-state index >= 15 is 0 Å². The smallest absolute Gasteiger partial charge is 0.222 e. The standard InChI is InChI=1S/C15H19N3OS/c1-17(2)14(19)7-4-9-18-10-8-11-12(15(16)20)5-3-6-13(11)18/h3,5-6,8,10H,4,7,9H2,1-2H3,(H2,16,20). The average Bonchev–Trinajstić information content (AvgIpc) is 2.81. The van der Waals surface area contributed by atoms with Gasteiger partial charge in [-0.2, -0.15) is 0 Å². The van der Waals surface area contributed by atoms with Crippen LogP contribution >= 0.6 is 12.2 Å². The van der Waals surface area contributed by atoms with Crippen molar-refractivity contribution in [3.05, 3.63) is 36.0 Å². The summed E-state index contributed by atoms with van der Waals surface area (Å²) in [5, 5.41) is 1.07. The van der Waals surface area contributed by atoms with Gasteiger partial charge < -0.3 is 15.2 Å². The van der Waals surface area contributed by atoms with Crippen LogP contribution in [0.1, 0.15) is 18.4 Å². The lowest BCUT2D eigenvalue weighted by Gasteiger charge is -2.10. The van der Waals surface area contributed by atoms with Crippen molar-refractivity contribution in [2.75, 3.05) is 14.1 Å². The van der Waals surface area contributed by atoms with E-state index in [4.69, 9.17) is 18.0 Å². The zero-order chi connectivity index (χ0) is 14.7. The second-order valence-electron chi connectivity index (χ2n) is 5.00. The number of fused-ring (bicyclic) bond motifs is 1. The summed E-state index contributed by atoms with van der Waals surface area (Å²) in [7, 11) is 3.56. The predicted octanol–water partition coefficient (Wildman–Crippen LogP) is 2.14. The summed E-state index contributed by atoms with van der Waals surface area (Å²) in [4.78, 5) is 13.6. The molecular formula is C15H19N3OS. The van der Waals surface area contributed by atoms with Crippen molar-refractivity contribution in [1.82, 2.24) is 9.47 Å². The Labute approximate surface area is 124 Å². The molecule has 0 saturated heterocycles. The maximum atomic E-state index is 11.6. The van der Waals surface area contributed by atoms with Gasteiger partial charge in [-0.05, 0) is 18.6 Å². The van der Waals surface area contributed by atoms with Crippen molar-refractivity contribution < 1.29 is 4.79 Å². The van der Waals surface area contributed by atoms with E-state index in [1.165, 1.54) is 0 Å². The molecule has 1 heterocycles. The van der Waals surface area contributed by atoms with Crippen molar-refractivity contribution in [3.8, 4) is 0 Å². The molecular weight excluding hydrogens is 270 g/mol. The van der Waals surface area contributed by atoms with Gasteiger partial charge in [0.25, 0.3) is 0 Å². The quantitative estimate of drug-likeness (QED) is 0.858. The summed E-state index contributed by atoms with van der Waals surface area (Å²) >= 11 is 5.07. The van der Waals surface area contributed by atoms with Gasteiger partial charge in [-0.1, -0.05) is 24.4 Å². The Morgan fingerprint density at radius 3 is 2.75 bits per heavy atom. The third-order valence-corrected chi connectivity index (χ3v) is 3.59. The molecule has 0 aliphatic heterocycles. The zero-order valence-corrected chi connectivity index (χ0v) is 12.6. The van der Waals surface area contributed by atoms with Crippen LogP contribution in [0.5, 0.6) is 0 Å². The Balaban J connectivity index is 2.14. The summed E-state index contributed by atoms with van der Waals surface area (Å²) in [5.74, 6) is 0.158. The summed E-state index contributed by atoms with van der Waals surface area (Å²) in [6, 6.07) is 7.96. The molecule has 1 aromatic carbocycles. The number of amides is 1. The van der Waals surface area contributed by atoms with Crippen molar-refractivity contribution >= 4 is 34.0 Å². The maximum Gasteiger partial charge on any atom is 0.222 e. The van der Waals surface area contributed by atoms with Gasteiger partial charge in [-0.3, -0.25) is 4.79 Å². The first-order chi connectivity index (χ1) is 9.50. The number of aryl methyl sites for hydroxylation is 1. The van der Waals surface area contributed by atoms with E-state index in [0.29, 0.717) is 11.4 Å². The van der Waals surface area contributed by atoms with Crippen LogP contribution in [-0.2, 0) is 11.3 Å². The molecule has 4 nitrogen and oxygen atoms in total. The molecule has 0 unspecified atom stereocenters. The molecule has 1 aromatic heterocycles. The SMILES string of the molecule is CN(C)C(=O)CCCn1ccc2c(C(N)=S)cccc21. The summed E-state index contributed by atoms with van der Waals surface area (Å²) in [6.07, 6.45) is 3.40. The topological polar surface area (TPSA) is 51.3 Å². The number of thiocarbonyl (C=S) groups is 1. The fourth-order valence-corrected chi connectivity index (χ4v) is 2.44. The van der Waals surface area contributed by atoms with Crippen LogP contribution in [0.4, 0.5) is 0 Å². The molecule has 2 N–H and O–H groups in total. The first-order valence-corrected chi connectivity index (χ1v) is 6.99. The number of hydrogen-bond acceptors (Lipinski definition) is 2. The Morgan fingerprint density at radius 2 is 2.10 bits per heavy atom. The highest BCUT2D eigenvalue weighted by Crippen LogP contribution is 2.20. The normalized spacial score (nSPS) is 10.7. The number of benzene rings is 1. The summed E-state index contributed by atoms with van der Waals surface area (Å²) < 4.78 is 2.14. The average molecular weight is 289 g/mol. The summed E-state index contributed by atoms with van der Waals surface area (Å²) in [6.45, 7) is 0.809. The van der Waals surface area contributed by atoms with Crippen LogP contribution in [0.25, 0.3) is 10.9 Å². The van der Waals surface area contributed by atoms with Crippen molar-refractivity contribution in [3.63, 3.8) is 0 Å². The zero-order valence-electron chi connectivity index (χ0n) is 11.8. The van der Waals surface area contributed by atoms with Crippen LogP contribution in [0.2, 0.25) is 0 Å². The number of aromatic nitrogens is 1. The highest BCUT2D eigenvalue weighted by Gasteiger charge is 2.08. The van der Waals surface area contributed by atoms with Crippen LogP contribution in [0, 0.1) is 0 Å². The molecule has 0 atom stereocenters. The van der Waals surface area contributed by atoms with Gasteiger partial charge in [0.15, 0.2) is 0 Å². The van der Waals surface area contributed by atoms with E-state index < -0.39 is 0 Å². The van der Waals surface area contributed by atoms with Gasteiger partial charge in [0.1, 0.15) is 4.99 Å². The molecule has 0 aliphatic rings. The number of carbonyl (C=O) groups is 1. The van der Waals surface area contributed by atoms with E-state index in [0.717, 1.165) is 29.4 Å². The maximum absolute atomic E-state index is 11.6. The molecule has 1 amide bonds. The van der Waals surface area contributed by atoms with Crippen molar-refractivity contribution in [1.29, 1.82) is 0 Å². The van der Waals surface area contributed by atoms with E-state index in [-0.39, 0.29) is 5.91 Å². The minimum atomic E-state index is 0.158. The van der Waals surface area contributed by atoms with Crippen LogP contribution in [0.3, 0.4) is 0 Å². The minimum Gasteiger partial charge on any atom is -0.389 e. The Bertz CT molecular complexity index is 646. The third-order valence-electron chi connectivity index (χ3n) is 3.37. The van der Waals surface area contributed by atoms with E-state index in [9.17, 15) is 4.79 Å². The largest absolute Gasteiger partial charge is 0.389 e. The fourth-order valence-electron chi connectivity index (χ4n) is 2.26. The molecule has 106 valence electrons. The van der Waals surface area contributed by atoms with Gasteiger partial charge in [0.2, 0.25) is 5.91 Å². The van der Waals surface area contributed by atoms with Gasteiger partial charge in [0.05, 0.1) is 0 Å². The molecule has 20 heavy (non-hydrogen) atoms. The Kier molecular flexibility index (Phi) is 4.39. The van der Waals surface area contributed by atoms with Gasteiger partial charge >= 0.3 is 0 Å². The number of hydrogen-bond donors (Lipinski definition) is 1.